The van der Waals surface area contributed by atoms with Gasteiger partial charge in [0, 0.05) is 19.2 Å². The molecule has 0 atom stereocenters. The van der Waals surface area contributed by atoms with E-state index in [1.165, 1.54) is 5.56 Å². The van der Waals surface area contributed by atoms with Crippen molar-refractivity contribution < 1.29 is 9.32 Å². The number of benzene rings is 2. The summed E-state index contributed by atoms with van der Waals surface area (Å²) in [6.07, 6.45) is 6.69. The molecule has 0 radical (unpaired) electrons. The number of aromatic nitrogens is 2. The summed E-state index contributed by atoms with van der Waals surface area (Å²) in [5.41, 5.74) is 2.85. The standard InChI is InChI=1S/C26H27N5O2/c27-18-22-8-6-20(7-9-22)10-11-24-29-25(30-33-24)26(32)28-15-12-21-13-16-31(17-14-21)19-23-4-2-1-3-5-23/h1-11,21H,12-17,19H2,(H,28,32). The third kappa shape index (κ3) is 6.61. The van der Waals surface area contributed by atoms with Crippen LogP contribution in [0.4, 0.5) is 0 Å². The molecule has 1 fully saturated rings. The van der Waals surface area contributed by atoms with Gasteiger partial charge in [-0.25, -0.2) is 0 Å². The summed E-state index contributed by atoms with van der Waals surface area (Å²) in [6, 6.07) is 19.8. The number of hydrogen-bond acceptors (Lipinski definition) is 6. The van der Waals surface area contributed by atoms with Gasteiger partial charge in [0.25, 0.3) is 17.6 Å². The van der Waals surface area contributed by atoms with Crippen LogP contribution in [0.1, 0.15) is 52.5 Å². The van der Waals surface area contributed by atoms with Gasteiger partial charge in [-0.1, -0.05) is 47.6 Å². The predicted octanol–water partition coefficient (Wildman–Crippen LogP) is 4.14. The van der Waals surface area contributed by atoms with Gasteiger partial charge in [0.1, 0.15) is 0 Å². The van der Waals surface area contributed by atoms with E-state index in [0.717, 1.165) is 44.5 Å². The van der Waals surface area contributed by atoms with Crippen LogP contribution in [0.5, 0.6) is 0 Å². The number of nitrogens with zero attached hydrogens (tertiary/aromatic N) is 4. The van der Waals surface area contributed by atoms with E-state index in [0.29, 0.717) is 18.0 Å². The van der Waals surface area contributed by atoms with Crippen molar-refractivity contribution in [2.45, 2.75) is 25.8 Å². The maximum atomic E-state index is 12.3. The number of rotatable bonds is 8. The lowest BCUT2D eigenvalue weighted by molar-refractivity contribution is 0.0934. The first kappa shape index (κ1) is 22.4. The summed E-state index contributed by atoms with van der Waals surface area (Å²) in [5, 5.41) is 15.5. The van der Waals surface area contributed by atoms with Gasteiger partial charge in [-0.2, -0.15) is 10.2 Å². The molecule has 3 aromatic rings. The Bertz CT molecular complexity index is 1110. The molecule has 2 aromatic carbocycles. The number of carbonyl (C=O) groups is 1. The second-order valence-corrected chi connectivity index (χ2v) is 8.27. The first-order valence-corrected chi connectivity index (χ1v) is 11.3. The molecule has 0 aliphatic carbocycles. The molecular weight excluding hydrogens is 414 g/mol. The van der Waals surface area contributed by atoms with Crippen molar-refractivity contribution in [3.05, 3.63) is 83.0 Å². The SMILES string of the molecule is N#Cc1ccc(C=Cc2nc(C(=O)NCCC3CCN(Cc4ccccc4)CC3)no2)cc1. The molecule has 168 valence electrons. The van der Waals surface area contributed by atoms with Gasteiger partial charge in [0.05, 0.1) is 11.6 Å². The molecule has 0 unspecified atom stereocenters. The number of hydrogen-bond donors (Lipinski definition) is 1. The Labute approximate surface area is 193 Å². The van der Waals surface area contributed by atoms with Crippen molar-refractivity contribution in [2.24, 2.45) is 5.92 Å². The molecule has 1 aromatic heterocycles. The highest BCUT2D eigenvalue weighted by molar-refractivity contribution is 5.90. The first-order valence-electron chi connectivity index (χ1n) is 11.3. The average molecular weight is 442 g/mol. The first-order chi connectivity index (χ1) is 16.2. The van der Waals surface area contributed by atoms with Crippen molar-refractivity contribution in [3.8, 4) is 6.07 Å². The minimum absolute atomic E-state index is 0.0344. The van der Waals surface area contributed by atoms with Crippen LogP contribution in [0.15, 0.2) is 59.1 Å². The topological polar surface area (TPSA) is 95.0 Å². The molecule has 7 nitrogen and oxygen atoms in total. The molecule has 7 heteroatoms. The van der Waals surface area contributed by atoms with Crippen molar-refractivity contribution in [1.82, 2.24) is 20.4 Å². The summed E-state index contributed by atoms with van der Waals surface area (Å²) in [6.45, 7) is 3.79. The quantitative estimate of drug-likeness (QED) is 0.564. The molecule has 1 N–H and O–H groups in total. The summed E-state index contributed by atoms with van der Waals surface area (Å²) < 4.78 is 5.14. The molecule has 1 amide bonds. The van der Waals surface area contributed by atoms with Crippen LogP contribution >= 0.6 is 0 Å². The highest BCUT2D eigenvalue weighted by Crippen LogP contribution is 2.21. The normalized spacial score (nSPS) is 14.9. The third-order valence-corrected chi connectivity index (χ3v) is 5.90. The van der Waals surface area contributed by atoms with Crippen LogP contribution in [0.3, 0.4) is 0 Å². The molecule has 1 aliphatic heterocycles. The van der Waals surface area contributed by atoms with Gasteiger partial charge in [-0.15, -0.1) is 0 Å². The van der Waals surface area contributed by atoms with Crippen LogP contribution in [0.2, 0.25) is 0 Å². The van der Waals surface area contributed by atoms with E-state index in [4.69, 9.17) is 9.78 Å². The molecule has 33 heavy (non-hydrogen) atoms. The van der Waals surface area contributed by atoms with Crippen molar-refractivity contribution >= 4 is 18.1 Å². The Morgan fingerprint density at radius 3 is 2.61 bits per heavy atom. The van der Waals surface area contributed by atoms with Crippen molar-refractivity contribution in [1.29, 1.82) is 5.26 Å². The molecule has 0 spiro atoms. The van der Waals surface area contributed by atoms with Crippen LogP contribution in [0, 0.1) is 17.2 Å². The zero-order chi connectivity index (χ0) is 22.9. The number of amides is 1. The molecule has 0 saturated carbocycles. The van der Waals surface area contributed by atoms with Gasteiger partial charge < -0.3 is 9.84 Å². The summed E-state index contributed by atoms with van der Waals surface area (Å²) in [4.78, 5) is 19.0. The lowest BCUT2D eigenvalue weighted by Crippen LogP contribution is -2.35. The zero-order valence-electron chi connectivity index (χ0n) is 18.5. The molecule has 2 heterocycles. The Morgan fingerprint density at radius 2 is 1.88 bits per heavy atom. The van der Waals surface area contributed by atoms with Crippen LogP contribution < -0.4 is 5.32 Å². The number of piperidine rings is 1. The molecule has 1 saturated heterocycles. The summed E-state index contributed by atoms with van der Waals surface area (Å²) in [5.74, 6) is 0.592. The molecule has 4 rings (SSSR count). The van der Waals surface area contributed by atoms with E-state index in [9.17, 15) is 4.79 Å². The number of carbonyl (C=O) groups excluding carboxylic acids is 1. The lowest BCUT2D eigenvalue weighted by atomic mass is 9.93. The second kappa shape index (κ2) is 11.2. The molecule has 0 bridgehead atoms. The van der Waals surface area contributed by atoms with Crippen molar-refractivity contribution in [2.75, 3.05) is 19.6 Å². The fourth-order valence-electron chi connectivity index (χ4n) is 3.98. The van der Waals surface area contributed by atoms with Gasteiger partial charge in [0.15, 0.2) is 0 Å². The molecular formula is C26H27N5O2. The van der Waals surface area contributed by atoms with Gasteiger partial charge in [-0.3, -0.25) is 9.69 Å². The third-order valence-electron chi connectivity index (χ3n) is 5.90. The van der Waals surface area contributed by atoms with Crippen LogP contribution in [-0.4, -0.2) is 40.6 Å². The number of nitrogens with one attached hydrogen (secondary N) is 1. The minimum atomic E-state index is -0.321. The predicted molar refractivity (Wildman–Crippen MR) is 126 cm³/mol. The van der Waals surface area contributed by atoms with E-state index in [1.807, 2.05) is 18.2 Å². The Hall–Kier alpha value is -3.76. The Morgan fingerprint density at radius 1 is 1.12 bits per heavy atom. The van der Waals surface area contributed by atoms with Gasteiger partial charge in [0.2, 0.25) is 0 Å². The van der Waals surface area contributed by atoms with Gasteiger partial charge >= 0.3 is 0 Å². The fraction of sp³-hybridized carbons (Fsp3) is 0.308. The van der Waals surface area contributed by atoms with Crippen LogP contribution in [0.25, 0.3) is 12.2 Å². The Kier molecular flexibility index (Phi) is 7.62. The van der Waals surface area contributed by atoms with E-state index in [-0.39, 0.29) is 17.6 Å². The summed E-state index contributed by atoms with van der Waals surface area (Å²) >= 11 is 0. The number of nitriles is 1. The average Bonchev–Trinajstić information content (AvgIpc) is 3.34. The van der Waals surface area contributed by atoms with Gasteiger partial charge in [-0.05, 0) is 67.6 Å². The van der Waals surface area contributed by atoms with Crippen LogP contribution in [-0.2, 0) is 6.54 Å². The maximum Gasteiger partial charge on any atom is 0.292 e. The highest BCUT2D eigenvalue weighted by Gasteiger charge is 2.20. The van der Waals surface area contributed by atoms with E-state index in [1.54, 1.807) is 24.3 Å². The zero-order valence-corrected chi connectivity index (χ0v) is 18.5. The lowest BCUT2D eigenvalue weighted by Gasteiger charge is -2.32. The largest absolute Gasteiger partial charge is 0.349 e. The Balaban J connectivity index is 1.17. The summed E-state index contributed by atoms with van der Waals surface area (Å²) in [7, 11) is 0. The van der Waals surface area contributed by atoms with E-state index < -0.39 is 0 Å². The number of likely N-dealkylation sites (tertiary alicyclic amines) is 1. The second-order valence-electron chi connectivity index (χ2n) is 8.27. The highest BCUT2D eigenvalue weighted by atomic mass is 16.5. The minimum Gasteiger partial charge on any atom is -0.349 e. The molecule has 1 aliphatic rings. The fourth-order valence-corrected chi connectivity index (χ4v) is 3.98. The van der Waals surface area contributed by atoms with E-state index >= 15 is 0 Å². The smallest absolute Gasteiger partial charge is 0.292 e. The van der Waals surface area contributed by atoms with E-state index in [2.05, 4.69) is 50.7 Å². The monoisotopic (exact) mass is 441 g/mol. The van der Waals surface area contributed by atoms with Crippen molar-refractivity contribution in [3.63, 3.8) is 0 Å². The maximum absolute atomic E-state index is 12.3.